The minimum absolute atomic E-state index is 0.568. The number of hydrogen-bond acceptors (Lipinski definition) is 5. The van der Waals surface area contributed by atoms with E-state index >= 15 is 0 Å². The van der Waals surface area contributed by atoms with E-state index in [9.17, 15) is 5.11 Å². The maximum Gasteiger partial charge on any atom is 0.124 e. The third-order valence-corrected chi connectivity index (χ3v) is 4.82. The summed E-state index contributed by atoms with van der Waals surface area (Å²) in [5.41, 5.74) is 4.14. The van der Waals surface area contributed by atoms with Gasteiger partial charge in [-0.3, -0.25) is 4.90 Å². The first-order valence-electron chi connectivity index (χ1n) is 8.47. The Morgan fingerprint density at radius 3 is 2.68 bits per heavy atom. The van der Waals surface area contributed by atoms with Crippen molar-refractivity contribution in [2.24, 2.45) is 0 Å². The Hall–Kier alpha value is -2.51. The molecule has 130 valence electrons. The normalized spacial score (nSPS) is 21.1. The number of nitrogens with one attached hydrogen (secondary N) is 1. The van der Waals surface area contributed by atoms with Gasteiger partial charge < -0.3 is 5.11 Å². The molecule has 1 aliphatic heterocycles. The van der Waals surface area contributed by atoms with Crippen LogP contribution in [0.25, 0.3) is 5.69 Å². The lowest BCUT2D eigenvalue weighted by molar-refractivity contribution is 0.0409. The number of rotatable bonds is 4. The van der Waals surface area contributed by atoms with Crippen LogP contribution in [0, 0.1) is 13.8 Å². The van der Waals surface area contributed by atoms with E-state index in [1.54, 1.807) is 6.20 Å². The quantitative estimate of drug-likeness (QED) is 0.756. The van der Waals surface area contributed by atoms with Gasteiger partial charge in [0.1, 0.15) is 11.3 Å². The zero-order valence-corrected chi connectivity index (χ0v) is 14.5. The van der Waals surface area contributed by atoms with Gasteiger partial charge in [-0.1, -0.05) is 12.1 Å². The number of hydrogen-bond donors (Lipinski definition) is 2. The number of likely N-dealkylation sites (tertiary alicyclic amines) is 1. The van der Waals surface area contributed by atoms with Gasteiger partial charge in [-0.15, -0.1) is 0 Å². The molecule has 0 amide bonds. The fourth-order valence-corrected chi connectivity index (χ4v) is 3.53. The van der Waals surface area contributed by atoms with Gasteiger partial charge >= 0.3 is 0 Å². The molecular formula is C18H22N6O. The maximum atomic E-state index is 10.7. The Bertz CT molecular complexity index is 854. The van der Waals surface area contributed by atoms with Crippen LogP contribution in [0.4, 0.5) is 0 Å². The molecule has 1 saturated heterocycles. The standard InChI is InChI=1S/C18H22N6O/c1-13-9-14(2)24(21-13)16-5-3-15(4-6-16)11-23-8-7-18(25,12-23)17-10-19-22-20-17/h3-6,9-10,25H,7-8,11-12H2,1-2H3,(H,19,20,22)/t18-/m1/s1. The number of β-amino-alcohol motifs (C(OH)–C–C–N with tert-alkyl or cyclic N) is 1. The van der Waals surface area contributed by atoms with Crippen molar-refractivity contribution < 1.29 is 5.11 Å². The molecule has 1 atom stereocenters. The molecule has 3 aromatic rings. The molecule has 4 rings (SSSR count). The van der Waals surface area contributed by atoms with E-state index in [0.717, 1.165) is 30.2 Å². The van der Waals surface area contributed by atoms with Gasteiger partial charge in [-0.25, -0.2) is 4.68 Å². The van der Waals surface area contributed by atoms with E-state index < -0.39 is 5.60 Å². The summed E-state index contributed by atoms with van der Waals surface area (Å²) in [6.45, 7) is 6.27. The molecule has 1 aromatic carbocycles. The fraction of sp³-hybridized carbons (Fsp3) is 0.389. The average Bonchev–Trinajstić information content (AvgIpc) is 3.30. The van der Waals surface area contributed by atoms with E-state index in [1.165, 1.54) is 5.56 Å². The van der Waals surface area contributed by atoms with Crippen LogP contribution in [0.2, 0.25) is 0 Å². The van der Waals surface area contributed by atoms with Crippen molar-refractivity contribution in [1.82, 2.24) is 30.1 Å². The Kier molecular flexibility index (Phi) is 3.89. The van der Waals surface area contributed by atoms with Crippen molar-refractivity contribution in [2.45, 2.75) is 32.4 Å². The van der Waals surface area contributed by atoms with Crippen molar-refractivity contribution in [3.8, 4) is 5.69 Å². The van der Waals surface area contributed by atoms with Crippen LogP contribution in [0.5, 0.6) is 0 Å². The summed E-state index contributed by atoms with van der Waals surface area (Å²) in [5, 5.41) is 25.7. The van der Waals surface area contributed by atoms with Crippen molar-refractivity contribution in [2.75, 3.05) is 13.1 Å². The topological polar surface area (TPSA) is 82.9 Å². The molecule has 25 heavy (non-hydrogen) atoms. The summed E-state index contributed by atoms with van der Waals surface area (Å²) >= 11 is 0. The molecule has 7 heteroatoms. The van der Waals surface area contributed by atoms with E-state index in [0.29, 0.717) is 18.7 Å². The smallest absolute Gasteiger partial charge is 0.124 e. The Morgan fingerprint density at radius 2 is 2.04 bits per heavy atom. The lowest BCUT2D eigenvalue weighted by atomic mass is 10.00. The minimum Gasteiger partial charge on any atom is -0.382 e. The zero-order valence-electron chi connectivity index (χ0n) is 14.5. The van der Waals surface area contributed by atoms with Gasteiger partial charge in [0.15, 0.2) is 0 Å². The Morgan fingerprint density at radius 1 is 1.24 bits per heavy atom. The molecule has 1 fully saturated rings. The molecule has 0 unspecified atom stereocenters. The first kappa shape index (κ1) is 16.0. The van der Waals surface area contributed by atoms with Crippen LogP contribution in [0.15, 0.2) is 36.5 Å². The lowest BCUT2D eigenvalue weighted by Gasteiger charge is -2.21. The molecule has 2 N–H and O–H groups in total. The summed E-state index contributed by atoms with van der Waals surface area (Å²) in [4.78, 5) is 2.24. The number of aromatic nitrogens is 5. The molecule has 0 spiro atoms. The maximum absolute atomic E-state index is 10.7. The predicted molar refractivity (Wildman–Crippen MR) is 93.2 cm³/mol. The highest BCUT2D eigenvalue weighted by Gasteiger charge is 2.39. The van der Waals surface area contributed by atoms with E-state index in [1.807, 2.05) is 11.6 Å². The monoisotopic (exact) mass is 338 g/mol. The summed E-state index contributed by atoms with van der Waals surface area (Å²) in [5.74, 6) is 0. The van der Waals surface area contributed by atoms with Crippen LogP contribution < -0.4 is 0 Å². The molecule has 3 heterocycles. The van der Waals surface area contributed by atoms with Crippen molar-refractivity contribution in [1.29, 1.82) is 0 Å². The van der Waals surface area contributed by atoms with Gasteiger partial charge in [0.25, 0.3) is 0 Å². The van der Waals surface area contributed by atoms with Crippen LogP contribution in [-0.2, 0) is 12.1 Å². The fourth-order valence-electron chi connectivity index (χ4n) is 3.53. The average molecular weight is 338 g/mol. The summed E-state index contributed by atoms with van der Waals surface area (Å²) in [6.07, 6.45) is 2.27. The molecule has 0 radical (unpaired) electrons. The van der Waals surface area contributed by atoms with Crippen LogP contribution >= 0.6 is 0 Å². The second kappa shape index (κ2) is 6.09. The highest BCUT2D eigenvalue weighted by molar-refractivity contribution is 5.36. The number of nitrogens with zero attached hydrogens (tertiary/aromatic N) is 5. The largest absolute Gasteiger partial charge is 0.382 e. The predicted octanol–water partition coefficient (Wildman–Crippen LogP) is 1.70. The highest BCUT2D eigenvalue weighted by atomic mass is 16.3. The minimum atomic E-state index is -0.906. The first-order chi connectivity index (χ1) is 12.0. The Labute approximate surface area is 146 Å². The third-order valence-electron chi connectivity index (χ3n) is 4.82. The van der Waals surface area contributed by atoms with Gasteiger partial charge in [0, 0.05) is 25.3 Å². The SMILES string of the molecule is Cc1cc(C)n(-c2ccc(CN3CC[C@](O)(c4cn[nH]n4)C3)cc2)n1. The van der Waals surface area contributed by atoms with Crippen molar-refractivity contribution >= 4 is 0 Å². The number of H-pyrrole nitrogens is 1. The van der Waals surface area contributed by atoms with E-state index in [-0.39, 0.29) is 0 Å². The summed E-state index contributed by atoms with van der Waals surface area (Å²) in [7, 11) is 0. The second-order valence-corrected chi connectivity index (χ2v) is 6.85. The number of aryl methyl sites for hydroxylation is 2. The third kappa shape index (κ3) is 3.08. The van der Waals surface area contributed by atoms with E-state index in [2.05, 4.69) is 62.7 Å². The molecule has 0 saturated carbocycles. The Balaban J connectivity index is 1.45. The molecule has 7 nitrogen and oxygen atoms in total. The van der Waals surface area contributed by atoms with E-state index in [4.69, 9.17) is 0 Å². The highest BCUT2D eigenvalue weighted by Crippen LogP contribution is 2.31. The van der Waals surface area contributed by atoms with Crippen LogP contribution in [-0.4, -0.2) is 48.3 Å². The van der Waals surface area contributed by atoms with Crippen LogP contribution in [0.3, 0.4) is 0 Å². The first-order valence-corrected chi connectivity index (χ1v) is 8.47. The number of benzene rings is 1. The molecular weight excluding hydrogens is 316 g/mol. The molecule has 2 aromatic heterocycles. The second-order valence-electron chi connectivity index (χ2n) is 6.85. The van der Waals surface area contributed by atoms with Gasteiger partial charge in [0.05, 0.1) is 17.6 Å². The zero-order chi connectivity index (χ0) is 17.4. The van der Waals surface area contributed by atoms with Crippen LogP contribution in [0.1, 0.15) is 29.1 Å². The van der Waals surface area contributed by atoms with Gasteiger partial charge in [0.2, 0.25) is 0 Å². The summed E-state index contributed by atoms with van der Waals surface area (Å²) in [6, 6.07) is 10.5. The van der Waals surface area contributed by atoms with Crippen molar-refractivity contribution in [3.63, 3.8) is 0 Å². The molecule has 1 aliphatic rings. The summed E-state index contributed by atoms with van der Waals surface area (Å²) < 4.78 is 1.96. The molecule has 0 aliphatic carbocycles. The van der Waals surface area contributed by atoms with Crippen molar-refractivity contribution in [3.05, 3.63) is 59.2 Å². The number of aromatic amines is 1. The van der Waals surface area contributed by atoms with Gasteiger partial charge in [-0.05, 0) is 44.0 Å². The number of aliphatic hydroxyl groups is 1. The molecule has 0 bridgehead atoms. The van der Waals surface area contributed by atoms with Gasteiger partial charge in [-0.2, -0.15) is 20.5 Å². The lowest BCUT2D eigenvalue weighted by Crippen LogP contribution is -2.31.